The fourth-order valence-corrected chi connectivity index (χ4v) is 7.57. The van der Waals surface area contributed by atoms with Crippen molar-refractivity contribution in [2.24, 2.45) is 40.2 Å². The highest BCUT2D eigenvalue weighted by atomic mass is 16.6. The van der Waals surface area contributed by atoms with Gasteiger partial charge in [0.1, 0.15) is 29.5 Å². The summed E-state index contributed by atoms with van der Waals surface area (Å²) in [6.07, 6.45) is 6.72. The molecule has 0 aromatic heterocycles. The van der Waals surface area contributed by atoms with Crippen LogP contribution in [0.5, 0.6) is 0 Å². The number of hydrogen-bond acceptors (Lipinski definition) is 6. The number of ether oxygens (including phenoxy) is 3. The van der Waals surface area contributed by atoms with Gasteiger partial charge in [-0.25, -0.2) is 0 Å². The Morgan fingerprint density at radius 2 is 1.85 bits per heavy atom. The summed E-state index contributed by atoms with van der Waals surface area (Å²) in [6, 6.07) is 0. The van der Waals surface area contributed by atoms with E-state index in [0.29, 0.717) is 12.3 Å². The van der Waals surface area contributed by atoms with Gasteiger partial charge in [0, 0.05) is 11.8 Å². The highest BCUT2D eigenvalue weighted by Crippen LogP contribution is 2.64. The number of carbonyl (C=O) groups is 2. The van der Waals surface area contributed by atoms with E-state index in [-0.39, 0.29) is 47.5 Å². The van der Waals surface area contributed by atoms with Crippen LogP contribution in [0.3, 0.4) is 0 Å². The molecule has 1 aliphatic heterocycles. The third kappa shape index (κ3) is 3.84. The second kappa shape index (κ2) is 8.82. The van der Waals surface area contributed by atoms with E-state index in [9.17, 15) is 9.59 Å². The van der Waals surface area contributed by atoms with Gasteiger partial charge in [0.25, 0.3) is 0 Å². The van der Waals surface area contributed by atoms with Gasteiger partial charge in [-0.15, -0.1) is 0 Å². The molecule has 6 heteroatoms. The molecule has 2 N–H and O–H groups in total. The summed E-state index contributed by atoms with van der Waals surface area (Å²) >= 11 is 0. The molecule has 3 saturated carbocycles. The molecule has 8 unspecified atom stereocenters. The first kappa shape index (κ1) is 25.0. The lowest BCUT2D eigenvalue weighted by molar-refractivity contribution is -0.178. The standard InChI is InChI=1S/C27H45NO5/c1-7-17(5)25(6,14-16(3)4)23(29)32-20-18-13-19-21(20)31-22(28)27(19,15-18)24(30)33-26(8-2)11-9-10-12-26/h16-22H,7-15,28H2,1-6H3. The first-order valence-electron chi connectivity index (χ1n) is 13.4. The molecule has 33 heavy (non-hydrogen) atoms. The van der Waals surface area contributed by atoms with Crippen LogP contribution in [-0.4, -0.2) is 36.0 Å². The minimum absolute atomic E-state index is 0.0296. The van der Waals surface area contributed by atoms with Gasteiger partial charge in [-0.1, -0.05) is 41.0 Å². The number of hydrogen-bond donors (Lipinski definition) is 1. The Hall–Kier alpha value is -1.14. The van der Waals surface area contributed by atoms with Crippen LogP contribution in [0.15, 0.2) is 0 Å². The van der Waals surface area contributed by atoms with Gasteiger partial charge < -0.3 is 19.9 Å². The molecule has 1 heterocycles. The lowest BCUT2D eigenvalue weighted by Crippen LogP contribution is -2.51. The Morgan fingerprint density at radius 1 is 1.18 bits per heavy atom. The summed E-state index contributed by atoms with van der Waals surface area (Å²) in [7, 11) is 0. The molecule has 0 spiro atoms. The number of nitrogens with two attached hydrogens (primary N) is 1. The highest BCUT2D eigenvalue weighted by Gasteiger charge is 2.74. The molecule has 4 aliphatic rings. The van der Waals surface area contributed by atoms with Crippen LogP contribution in [0, 0.1) is 34.5 Å². The predicted molar refractivity (Wildman–Crippen MR) is 126 cm³/mol. The zero-order valence-electron chi connectivity index (χ0n) is 21.5. The minimum Gasteiger partial charge on any atom is -0.459 e. The summed E-state index contributed by atoms with van der Waals surface area (Å²) in [5, 5.41) is 0. The van der Waals surface area contributed by atoms with E-state index >= 15 is 0 Å². The molecular formula is C27H45NO5. The van der Waals surface area contributed by atoms with Gasteiger partial charge >= 0.3 is 11.9 Å². The van der Waals surface area contributed by atoms with E-state index in [2.05, 4.69) is 34.6 Å². The molecule has 1 saturated heterocycles. The topological polar surface area (TPSA) is 87.9 Å². The zero-order chi connectivity index (χ0) is 24.2. The van der Waals surface area contributed by atoms with Crippen molar-refractivity contribution in [3.05, 3.63) is 0 Å². The molecule has 3 aliphatic carbocycles. The molecule has 4 rings (SSSR count). The van der Waals surface area contributed by atoms with Crippen molar-refractivity contribution >= 4 is 11.9 Å². The Morgan fingerprint density at radius 3 is 2.42 bits per heavy atom. The normalized spacial score (nSPS) is 39.0. The number of rotatable bonds is 9. The van der Waals surface area contributed by atoms with Crippen LogP contribution in [-0.2, 0) is 23.8 Å². The molecule has 0 amide bonds. The Labute approximate surface area is 199 Å². The average molecular weight is 464 g/mol. The fourth-order valence-electron chi connectivity index (χ4n) is 7.57. The lowest BCUT2D eigenvalue weighted by Gasteiger charge is -2.39. The van der Waals surface area contributed by atoms with Crippen molar-refractivity contribution in [2.75, 3.05) is 0 Å². The van der Waals surface area contributed by atoms with Crippen molar-refractivity contribution in [3.8, 4) is 0 Å². The molecule has 6 nitrogen and oxygen atoms in total. The van der Waals surface area contributed by atoms with Crippen molar-refractivity contribution < 1.29 is 23.8 Å². The molecule has 0 aromatic carbocycles. The zero-order valence-corrected chi connectivity index (χ0v) is 21.5. The Kier molecular flexibility index (Phi) is 6.67. The Bertz CT molecular complexity index is 762. The van der Waals surface area contributed by atoms with Gasteiger partial charge in [-0.3, -0.25) is 9.59 Å². The minimum atomic E-state index is -0.791. The summed E-state index contributed by atoms with van der Waals surface area (Å²) in [5.74, 6) is 0.392. The van der Waals surface area contributed by atoms with Gasteiger partial charge in [0.05, 0.1) is 5.41 Å². The Balaban J connectivity index is 1.50. The van der Waals surface area contributed by atoms with Gasteiger partial charge in [0.15, 0.2) is 0 Å². The highest BCUT2D eigenvalue weighted by molar-refractivity contribution is 5.81. The first-order valence-corrected chi connectivity index (χ1v) is 13.4. The van der Waals surface area contributed by atoms with Gasteiger partial charge in [-0.2, -0.15) is 0 Å². The molecule has 0 aromatic rings. The second-order valence-electron chi connectivity index (χ2n) is 12.2. The van der Waals surface area contributed by atoms with E-state index in [0.717, 1.165) is 51.4 Å². The molecule has 4 fully saturated rings. The van der Waals surface area contributed by atoms with Crippen molar-refractivity contribution in [3.63, 3.8) is 0 Å². The first-order chi connectivity index (χ1) is 15.5. The molecule has 188 valence electrons. The van der Waals surface area contributed by atoms with Crippen LogP contribution >= 0.6 is 0 Å². The largest absolute Gasteiger partial charge is 0.459 e. The maximum absolute atomic E-state index is 13.6. The fraction of sp³-hybridized carbons (Fsp3) is 0.926. The van der Waals surface area contributed by atoms with E-state index in [1.54, 1.807) is 0 Å². The van der Waals surface area contributed by atoms with Crippen molar-refractivity contribution in [2.45, 2.75) is 123 Å². The second-order valence-corrected chi connectivity index (χ2v) is 12.2. The average Bonchev–Trinajstić information content (AvgIpc) is 3.50. The van der Waals surface area contributed by atoms with Gasteiger partial charge in [0.2, 0.25) is 0 Å². The molecule has 8 atom stereocenters. The van der Waals surface area contributed by atoms with Crippen molar-refractivity contribution in [1.82, 2.24) is 0 Å². The monoisotopic (exact) mass is 463 g/mol. The van der Waals surface area contributed by atoms with Crippen LogP contribution in [0.4, 0.5) is 0 Å². The van der Waals surface area contributed by atoms with Crippen LogP contribution in [0.1, 0.15) is 99.3 Å². The predicted octanol–water partition coefficient (Wildman–Crippen LogP) is 4.97. The van der Waals surface area contributed by atoms with E-state index in [4.69, 9.17) is 19.9 Å². The third-order valence-corrected chi connectivity index (χ3v) is 9.90. The van der Waals surface area contributed by atoms with Crippen LogP contribution < -0.4 is 5.73 Å². The smallest absolute Gasteiger partial charge is 0.317 e. The number of carbonyl (C=O) groups excluding carboxylic acids is 2. The summed E-state index contributed by atoms with van der Waals surface area (Å²) < 4.78 is 18.7. The van der Waals surface area contributed by atoms with Crippen LogP contribution in [0.2, 0.25) is 0 Å². The van der Waals surface area contributed by atoms with E-state index < -0.39 is 17.1 Å². The molecule has 2 bridgehead atoms. The maximum Gasteiger partial charge on any atom is 0.317 e. The summed E-state index contributed by atoms with van der Waals surface area (Å²) in [5.41, 5.74) is 4.82. The third-order valence-electron chi connectivity index (χ3n) is 9.90. The van der Waals surface area contributed by atoms with E-state index in [1.807, 2.05) is 6.92 Å². The summed E-state index contributed by atoms with van der Waals surface area (Å²) in [6.45, 7) is 12.7. The molecular weight excluding hydrogens is 418 g/mol. The lowest BCUT2D eigenvalue weighted by atomic mass is 9.70. The quantitative estimate of drug-likeness (QED) is 0.486. The maximum atomic E-state index is 13.6. The number of esters is 2. The SMILES string of the molecule is CCC(C)C(C)(CC(C)C)C(=O)OC1C2CC3C1OC(N)C3(C(=O)OC1(CC)CCCC1)C2. The summed E-state index contributed by atoms with van der Waals surface area (Å²) in [4.78, 5) is 27.1. The van der Waals surface area contributed by atoms with Gasteiger partial charge in [-0.05, 0) is 70.1 Å². The number of fused-ring (bicyclic) bond motifs is 1. The van der Waals surface area contributed by atoms with Crippen molar-refractivity contribution in [1.29, 1.82) is 0 Å². The van der Waals surface area contributed by atoms with Crippen LogP contribution in [0.25, 0.3) is 0 Å². The van der Waals surface area contributed by atoms with E-state index in [1.165, 1.54) is 0 Å². The molecule has 0 radical (unpaired) electrons.